The summed E-state index contributed by atoms with van der Waals surface area (Å²) >= 11 is 0. The number of ether oxygens (including phenoxy) is 2. The molecule has 122 valence electrons. The number of nitrogens with zero attached hydrogens (tertiary/aromatic N) is 2. The van der Waals surface area contributed by atoms with E-state index in [1.807, 2.05) is 25.7 Å². The fourth-order valence-corrected chi connectivity index (χ4v) is 3.26. The average Bonchev–Trinajstić information content (AvgIpc) is 2.36. The molecule has 5 nitrogen and oxygen atoms in total. The molecule has 2 fully saturated rings. The van der Waals surface area contributed by atoms with E-state index in [9.17, 15) is 4.79 Å². The van der Waals surface area contributed by atoms with Crippen LogP contribution in [0, 0.1) is 0 Å². The third-order valence-electron chi connectivity index (χ3n) is 4.01. The molecule has 0 aromatic rings. The van der Waals surface area contributed by atoms with Gasteiger partial charge in [0, 0.05) is 32.2 Å². The summed E-state index contributed by atoms with van der Waals surface area (Å²) in [4.78, 5) is 16.6. The number of amides is 1. The molecule has 1 amide bonds. The highest BCUT2D eigenvalue weighted by atomic mass is 16.6. The Morgan fingerprint density at radius 2 is 1.76 bits per heavy atom. The maximum Gasteiger partial charge on any atom is 0.410 e. The van der Waals surface area contributed by atoms with Gasteiger partial charge in [-0.05, 0) is 47.5 Å². The number of hydrogen-bond acceptors (Lipinski definition) is 4. The highest BCUT2D eigenvalue weighted by molar-refractivity contribution is 5.68. The Bertz CT molecular complexity index is 357. The molecule has 21 heavy (non-hydrogen) atoms. The molecule has 0 aromatic heterocycles. The number of carbonyl (C=O) groups excluding carboxylic acids is 1. The first-order valence-corrected chi connectivity index (χ1v) is 8.12. The summed E-state index contributed by atoms with van der Waals surface area (Å²) in [5, 5.41) is 0. The van der Waals surface area contributed by atoms with E-state index in [1.54, 1.807) is 0 Å². The van der Waals surface area contributed by atoms with Crippen LogP contribution in [0.1, 0.15) is 47.5 Å². The van der Waals surface area contributed by atoms with Crippen LogP contribution in [0.5, 0.6) is 0 Å². The Kier molecular flexibility index (Phi) is 5.15. The Morgan fingerprint density at radius 1 is 1.14 bits per heavy atom. The first kappa shape index (κ1) is 16.6. The lowest BCUT2D eigenvalue weighted by Gasteiger charge is -2.44. The molecule has 0 bridgehead atoms. The van der Waals surface area contributed by atoms with Crippen LogP contribution in [-0.4, -0.2) is 65.9 Å². The first-order valence-electron chi connectivity index (χ1n) is 8.12. The second kappa shape index (κ2) is 6.53. The number of likely N-dealkylation sites (tertiary alicyclic amines) is 1. The second-order valence-electron chi connectivity index (χ2n) is 7.43. The van der Waals surface area contributed by atoms with Gasteiger partial charge in [-0.3, -0.25) is 4.90 Å². The van der Waals surface area contributed by atoms with E-state index in [0.29, 0.717) is 6.04 Å². The highest BCUT2D eigenvalue weighted by Crippen LogP contribution is 2.22. The SMILES string of the molecule is CC1CN(C2CCCN(C(=O)OC(C)(C)C)C2)CC(C)O1. The molecule has 0 aliphatic carbocycles. The fraction of sp³-hybridized carbons (Fsp3) is 0.938. The molecule has 3 unspecified atom stereocenters. The topological polar surface area (TPSA) is 42.0 Å². The number of carbonyl (C=O) groups is 1. The smallest absolute Gasteiger partial charge is 0.410 e. The Balaban J connectivity index is 1.92. The van der Waals surface area contributed by atoms with E-state index >= 15 is 0 Å². The van der Waals surface area contributed by atoms with E-state index in [4.69, 9.17) is 9.47 Å². The normalized spacial score (nSPS) is 32.0. The molecule has 0 N–H and O–H groups in total. The van der Waals surface area contributed by atoms with Crippen LogP contribution in [0.4, 0.5) is 4.79 Å². The average molecular weight is 298 g/mol. The van der Waals surface area contributed by atoms with Gasteiger partial charge in [0.05, 0.1) is 12.2 Å². The minimum atomic E-state index is -0.425. The Hall–Kier alpha value is -0.810. The van der Waals surface area contributed by atoms with Crippen LogP contribution < -0.4 is 0 Å². The quantitative estimate of drug-likeness (QED) is 0.746. The van der Waals surface area contributed by atoms with Crippen LogP contribution in [-0.2, 0) is 9.47 Å². The van der Waals surface area contributed by atoms with Crippen molar-refractivity contribution >= 4 is 6.09 Å². The molecule has 0 saturated carbocycles. The zero-order valence-electron chi connectivity index (χ0n) is 14.1. The van der Waals surface area contributed by atoms with E-state index in [0.717, 1.165) is 39.0 Å². The standard InChI is InChI=1S/C16H30N2O3/c1-12-9-18(10-13(2)20-12)14-7-6-8-17(11-14)15(19)21-16(3,4)5/h12-14H,6-11H2,1-5H3. The van der Waals surface area contributed by atoms with Crippen molar-refractivity contribution < 1.29 is 14.3 Å². The van der Waals surface area contributed by atoms with Crippen LogP contribution in [0.25, 0.3) is 0 Å². The van der Waals surface area contributed by atoms with Gasteiger partial charge in [-0.15, -0.1) is 0 Å². The molecule has 5 heteroatoms. The molecule has 3 atom stereocenters. The van der Waals surface area contributed by atoms with Gasteiger partial charge in [0.15, 0.2) is 0 Å². The summed E-state index contributed by atoms with van der Waals surface area (Å²) in [5.41, 5.74) is -0.425. The Labute approximate surface area is 128 Å². The first-order chi connectivity index (χ1) is 9.74. The molecule has 0 spiro atoms. The lowest BCUT2D eigenvalue weighted by atomic mass is 10.0. The number of hydrogen-bond donors (Lipinski definition) is 0. The summed E-state index contributed by atoms with van der Waals surface area (Å²) in [6.45, 7) is 13.5. The maximum atomic E-state index is 12.2. The van der Waals surface area contributed by atoms with Gasteiger partial charge in [0.25, 0.3) is 0 Å². The minimum Gasteiger partial charge on any atom is -0.444 e. The monoisotopic (exact) mass is 298 g/mol. The lowest BCUT2D eigenvalue weighted by Crippen LogP contribution is -2.56. The number of rotatable bonds is 1. The highest BCUT2D eigenvalue weighted by Gasteiger charge is 2.33. The predicted octanol–water partition coefficient (Wildman–Crippen LogP) is 2.50. The van der Waals surface area contributed by atoms with Crippen LogP contribution in [0.3, 0.4) is 0 Å². The molecule has 2 saturated heterocycles. The molecular formula is C16H30N2O3. The molecular weight excluding hydrogens is 268 g/mol. The molecule has 2 rings (SSSR count). The van der Waals surface area contributed by atoms with Crippen molar-refractivity contribution in [2.45, 2.75) is 71.3 Å². The lowest BCUT2D eigenvalue weighted by molar-refractivity contribution is -0.0877. The van der Waals surface area contributed by atoms with E-state index in [2.05, 4.69) is 18.7 Å². The predicted molar refractivity (Wildman–Crippen MR) is 82.4 cm³/mol. The van der Waals surface area contributed by atoms with E-state index in [1.165, 1.54) is 0 Å². The molecule has 2 aliphatic rings. The zero-order valence-corrected chi connectivity index (χ0v) is 14.1. The van der Waals surface area contributed by atoms with Crippen molar-refractivity contribution in [1.29, 1.82) is 0 Å². The summed E-state index contributed by atoms with van der Waals surface area (Å²) in [6.07, 6.45) is 2.56. The van der Waals surface area contributed by atoms with Crippen molar-refractivity contribution in [3.8, 4) is 0 Å². The number of piperidine rings is 1. The van der Waals surface area contributed by atoms with Gasteiger partial charge >= 0.3 is 6.09 Å². The zero-order chi connectivity index (χ0) is 15.6. The second-order valence-corrected chi connectivity index (χ2v) is 7.43. The van der Waals surface area contributed by atoms with Crippen molar-refractivity contribution in [3.05, 3.63) is 0 Å². The van der Waals surface area contributed by atoms with Gasteiger partial charge in [0.2, 0.25) is 0 Å². The summed E-state index contributed by atoms with van der Waals surface area (Å²) in [6, 6.07) is 0.431. The largest absolute Gasteiger partial charge is 0.444 e. The van der Waals surface area contributed by atoms with Gasteiger partial charge in [-0.2, -0.15) is 0 Å². The van der Waals surface area contributed by atoms with Crippen molar-refractivity contribution in [2.75, 3.05) is 26.2 Å². The van der Waals surface area contributed by atoms with E-state index in [-0.39, 0.29) is 18.3 Å². The van der Waals surface area contributed by atoms with Gasteiger partial charge in [0.1, 0.15) is 5.60 Å². The summed E-state index contributed by atoms with van der Waals surface area (Å²) in [7, 11) is 0. The number of morpholine rings is 1. The Morgan fingerprint density at radius 3 is 2.33 bits per heavy atom. The van der Waals surface area contributed by atoms with Crippen LogP contribution in [0.15, 0.2) is 0 Å². The third kappa shape index (κ3) is 4.85. The molecule has 2 heterocycles. The molecule has 0 radical (unpaired) electrons. The van der Waals surface area contributed by atoms with Gasteiger partial charge in [-0.1, -0.05) is 0 Å². The summed E-state index contributed by atoms with van der Waals surface area (Å²) in [5.74, 6) is 0. The maximum absolute atomic E-state index is 12.2. The van der Waals surface area contributed by atoms with Crippen LogP contribution >= 0.6 is 0 Å². The molecule has 0 aromatic carbocycles. The van der Waals surface area contributed by atoms with E-state index < -0.39 is 5.60 Å². The van der Waals surface area contributed by atoms with Crippen molar-refractivity contribution in [1.82, 2.24) is 9.80 Å². The van der Waals surface area contributed by atoms with Crippen molar-refractivity contribution in [2.24, 2.45) is 0 Å². The fourth-order valence-electron chi connectivity index (χ4n) is 3.26. The van der Waals surface area contributed by atoms with Crippen LogP contribution in [0.2, 0.25) is 0 Å². The van der Waals surface area contributed by atoms with Gasteiger partial charge in [-0.25, -0.2) is 4.79 Å². The summed E-state index contributed by atoms with van der Waals surface area (Å²) < 4.78 is 11.3. The third-order valence-corrected chi connectivity index (χ3v) is 4.01. The molecule has 2 aliphatic heterocycles. The minimum absolute atomic E-state index is 0.179. The van der Waals surface area contributed by atoms with Crippen molar-refractivity contribution in [3.63, 3.8) is 0 Å². The van der Waals surface area contributed by atoms with Gasteiger partial charge < -0.3 is 14.4 Å².